The fourth-order valence-electron chi connectivity index (χ4n) is 5.10. The molecule has 0 aliphatic carbocycles. The number of hydrogen-bond donors (Lipinski definition) is 1. The average molecular weight is 549 g/mol. The second-order valence-electron chi connectivity index (χ2n) is 12.6. The second-order valence-corrected chi connectivity index (χ2v) is 12.6. The first-order chi connectivity index (χ1) is 18.3. The van der Waals surface area contributed by atoms with Gasteiger partial charge in [0.1, 0.15) is 11.5 Å². The maximum atomic E-state index is 11.3. The number of esters is 2. The quantitative estimate of drug-likeness (QED) is 0.175. The molecule has 0 aromatic heterocycles. The molecule has 0 saturated carbocycles. The van der Waals surface area contributed by atoms with Crippen LogP contribution in [-0.4, -0.2) is 37.4 Å². The first-order valence-electron chi connectivity index (χ1n) is 15.0. The van der Waals surface area contributed by atoms with Gasteiger partial charge in [-0.2, -0.15) is 0 Å². The normalized spacial score (nSPS) is 13.6. The summed E-state index contributed by atoms with van der Waals surface area (Å²) in [6, 6.07) is 3.94. The summed E-state index contributed by atoms with van der Waals surface area (Å²) in [6.45, 7) is 17.8. The van der Waals surface area contributed by atoms with Crippen molar-refractivity contribution in [2.45, 2.75) is 130 Å². The van der Waals surface area contributed by atoms with Gasteiger partial charge < -0.3 is 19.3 Å². The summed E-state index contributed by atoms with van der Waals surface area (Å²) < 4.78 is 16.3. The highest BCUT2D eigenvalue weighted by molar-refractivity contribution is 5.69. The maximum Gasteiger partial charge on any atom is 0.305 e. The van der Waals surface area contributed by atoms with Crippen LogP contribution in [0.2, 0.25) is 0 Å². The number of carbonyl (C=O) groups is 2. The SMILES string of the molecule is CCC(=O)OCCC(C)CCCC(C)(C)c1cc(OC)c(C(C)(C)CCCC(C)CCOC(=O)CC)cc1O. The number of methoxy groups -OCH3 is 1. The fourth-order valence-corrected chi connectivity index (χ4v) is 5.10. The molecule has 224 valence electrons. The van der Waals surface area contributed by atoms with E-state index in [9.17, 15) is 14.7 Å². The molecule has 0 aliphatic heterocycles. The summed E-state index contributed by atoms with van der Waals surface area (Å²) >= 11 is 0. The summed E-state index contributed by atoms with van der Waals surface area (Å²) in [5, 5.41) is 11.1. The van der Waals surface area contributed by atoms with Crippen molar-refractivity contribution in [1.29, 1.82) is 0 Å². The van der Waals surface area contributed by atoms with E-state index in [1.807, 2.05) is 26.0 Å². The number of benzene rings is 1. The summed E-state index contributed by atoms with van der Waals surface area (Å²) in [6.07, 6.45) is 8.69. The monoisotopic (exact) mass is 548 g/mol. The number of rotatable bonds is 19. The van der Waals surface area contributed by atoms with Gasteiger partial charge in [0.15, 0.2) is 0 Å². The minimum atomic E-state index is -0.203. The van der Waals surface area contributed by atoms with Crippen molar-refractivity contribution in [1.82, 2.24) is 0 Å². The zero-order valence-corrected chi connectivity index (χ0v) is 26.3. The Morgan fingerprint density at radius 1 is 0.769 bits per heavy atom. The molecular weight excluding hydrogens is 492 g/mol. The zero-order chi connectivity index (χ0) is 29.6. The smallest absolute Gasteiger partial charge is 0.305 e. The van der Waals surface area contributed by atoms with Crippen molar-refractivity contribution >= 4 is 11.9 Å². The Bertz CT molecular complexity index is 888. The summed E-state index contributed by atoms with van der Waals surface area (Å²) in [5.74, 6) is 1.84. The van der Waals surface area contributed by atoms with Crippen LogP contribution >= 0.6 is 0 Å². The Hall–Kier alpha value is -2.24. The minimum Gasteiger partial charge on any atom is -0.508 e. The van der Waals surface area contributed by atoms with Crippen molar-refractivity contribution < 1.29 is 28.9 Å². The molecule has 0 bridgehead atoms. The Labute approximate surface area is 238 Å². The van der Waals surface area contributed by atoms with Crippen LogP contribution in [0.3, 0.4) is 0 Å². The van der Waals surface area contributed by atoms with E-state index in [-0.39, 0.29) is 22.8 Å². The number of aromatic hydroxyl groups is 1. The standard InChI is InChI=1S/C33H56O6/c1-10-30(35)38-20-16-24(3)14-12-18-32(5,6)26-23-29(37-9)27(22-28(26)34)33(7,8)19-13-15-25(4)17-21-39-31(36)11-2/h22-25,34H,10-21H2,1-9H3. The van der Waals surface area contributed by atoms with Crippen molar-refractivity contribution in [2.75, 3.05) is 20.3 Å². The molecule has 0 spiro atoms. The predicted octanol–water partition coefficient (Wildman–Crippen LogP) is 8.26. The molecular formula is C33H56O6. The van der Waals surface area contributed by atoms with Gasteiger partial charge in [-0.05, 0) is 60.5 Å². The van der Waals surface area contributed by atoms with Gasteiger partial charge in [0.25, 0.3) is 0 Å². The van der Waals surface area contributed by atoms with Crippen LogP contribution in [-0.2, 0) is 29.9 Å². The molecule has 1 aromatic carbocycles. The maximum absolute atomic E-state index is 11.3. The number of phenols is 1. The van der Waals surface area contributed by atoms with E-state index in [1.165, 1.54) is 0 Å². The lowest BCUT2D eigenvalue weighted by atomic mass is 9.75. The third kappa shape index (κ3) is 12.2. The van der Waals surface area contributed by atoms with E-state index >= 15 is 0 Å². The van der Waals surface area contributed by atoms with Crippen LogP contribution in [0.5, 0.6) is 11.5 Å². The average Bonchev–Trinajstić information content (AvgIpc) is 2.87. The first-order valence-corrected chi connectivity index (χ1v) is 15.0. The Morgan fingerprint density at radius 2 is 1.21 bits per heavy atom. The highest BCUT2D eigenvalue weighted by Gasteiger charge is 2.30. The first kappa shape index (κ1) is 34.8. The van der Waals surface area contributed by atoms with Gasteiger partial charge in [0.2, 0.25) is 0 Å². The van der Waals surface area contributed by atoms with Crippen LogP contribution in [0, 0.1) is 11.8 Å². The second kappa shape index (κ2) is 16.8. The molecule has 1 N–H and O–H groups in total. The third-order valence-corrected chi connectivity index (χ3v) is 8.10. The molecule has 0 fully saturated rings. The predicted molar refractivity (Wildman–Crippen MR) is 158 cm³/mol. The Kier molecular flexibility index (Phi) is 15.0. The topological polar surface area (TPSA) is 82.1 Å². The molecule has 2 atom stereocenters. The molecule has 0 amide bonds. The van der Waals surface area contributed by atoms with Crippen molar-refractivity contribution in [3.63, 3.8) is 0 Å². The van der Waals surface area contributed by atoms with Gasteiger partial charge in [-0.15, -0.1) is 0 Å². The van der Waals surface area contributed by atoms with Gasteiger partial charge in [-0.25, -0.2) is 0 Å². The van der Waals surface area contributed by atoms with E-state index in [0.717, 1.165) is 68.2 Å². The summed E-state index contributed by atoms with van der Waals surface area (Å²) in [7, 11) is 1.70. The molecule has 0 aliphatic rings. The molecule has 6 heteroatoms. The van der Waals surface area contributed by atoms with Crippen molar-refractivity contribution in [3.8, 4) is 11.5 Å². The van der Waals surface area contributed by atoms with Gasteiger partial charge in [0.05, 0.1) is 20.3 Å². The van der Waals surface area contributed by atoms with Crippen molar-refractivity contribution in [2.24, 2.45) is 11.8 Å². The van der Waals surface area contributed by atoms with Crippen LogP contribution in [0.15, 0.2) is 12.1 Å². The minimum absolute atomic E-state index is 0.136. The van der Waals surface area contributed by atoms with E-state index in [2.05, 4.69) is 41.5 Å². The molecule has 39 heavy (non-hydrogen) atoms. The third-order valence-electron chi connectivity index (χ3n) is 8.10. The largest absolute Gasteiger partial charge is 0.508 e. The molecule has 1 aromatic rings. The summed E-state index contributed by atoms with van der Waals surface area (Å²) in [4.78, 5) is 22.7. The highest BCUT2D eigenvalue weighted by Crippen LogP contribution is 2.44. The summed E-state index contributed by atoms with van der Waals surface area (Å²) in [5.41, 5.74) is 1.59. The van der Waals surface area contributed by atoms with Crippen molar-refractivity contribution in [3.05, 3.63) is 23.3 Å². The molecule has 6 nitrogen and oxygen atoms in total. The number of hydrogen-bond acceptors (Lipinski definition) is 6. The van der Waals surface area contributed by atoms with Crippen LogP contribution in [0.25, 0.3) is 0 Å². The lowest BCUT2D eigenvalue weighted by molar-refractivity contribution is -0.144. The van der Waals surface area contributed by atoms with E-state index < -0.39 is 0 Å². The fraction of sp³-hybridized carbons (Fsp3) is 0.758. The van der Waals surface area contributed by atoms with Gasteiger partial charge in [-0.1, -0.05) is 81.1 Å². The molecule has 2 unspecified atom stereocenters. The van der Waals surface area contributed by atoms with Crippen LogP contribution < -0.4 is 4.74 Å². The Balaban J connectivity index is 2.75. The lowest BCUT2D eigenvalue weighted by Gasteiger charge is -2.32. The van der Waals surface area contributed by atoms with Gasteiger partial charge >= 0.3 is 11.9 Å². The number of phenolic OH excluding ortho intramolecular Hbond substituents is 1. The zero-order valence-electron chi connectivity index (χ0n) is 26.3. The molecule has 0 saturated heterocycles. The van der Waals surface area contributed by atoms with E-state index in [4.69, 9.17) is 14.2 Å². The van der Waals surface area contributed by atoms with E-state index in [0.29, 0.717) is 43.6 Å². The van der Waals surface area contributed by atoms with Gasteiger partial charge in [0, 0.05) is 24.0 Å². The molecule has 1 rings (SSSR count). The molecule has 0 radical (unpaired) electrons. The highest BCUT2D eigenvalue weighted by atomic mass is 16.5. The van der Waals surface area contributed by atoms with Gasteiger partial charge in [-0.3, -0.25) is 9.59 Å². The number of carbonyl (C=O) groups excluding carboxylic acids is 2. The molecule has 0 heterocycles. The number of ether oxygens (including phenoxy) is 3. The van der Waals surface area contributed by atoms with Crippen LogP contribution in [0.1, 0.15) is 131 Å². The van der Waals surface area contributed by atoms with E-state index in [1.54, 1.807) is 7.11 Å². The lowest BCUT2D eigenvalue weighted by Crippen LogP contribution is -2.22. The Morgan fingerprint density at radius 3 is 1.62 bits per heavy atom. The van der Waals surface area contributed by atoms with Crippen LogP contribution in [0.4, 0.5) is 0 Å².